The van der Waals surface area contributed by atoms with Gasteiger partial charge in [-0.1, -0.05) is 0 Å². The summed E-state index contributed by atoms with van der Waals surface area (Å²) in [5.74, 6) is 5.07. The zero-order valence-corrected chi connectivity index (χ0v) is 4.66. The lowest BCUT2D eigenvalue weighted by molar-refractivity contribution is 0.442. The van der Waals surface area contributed by atoms with E-state index >= 15 is 0 Å². The van der Waals surface area contributed by atoms with E-state index in [0.29, 0.717) is 0 Å². The Kier molecular flexibility index (Phi) is 3.55. The average Bonchev–Trinajstić information content (AvgIpc) is 1.35. The predicted molar refractivity (Wildman–Crippen MR) is 26.6 cm³/mol. The first-order chi connectivity index (χ1) is 2.77. The highest BCUT2D eigenvalue weighted by atomic mass is 32.2. The zero-order chi connectivity index (χ0) is 4.99. The number of rotatable bonds is 2. The molecule has 0 rings (SSSR count). The van der Waals surface area contributed by atoms with E-state index in [1.807, 2.05) is 0 Å². The molecule has 2 N–H and O–H groups in total. The standard InChI is InChI=1S/C2H8N2OS/c1-4(3)6-5-2/h3H2,1-2H3. The highest BCUT2D eigenvalue weighted by Gasteiger charge is 1.81. The van der Waals surface area contributed by atoms with Crippen molar-refractivity contribution in [3.05, 3.63) is 0 Å². The van der Waals surface area contributed by atoms with Gasteiger partial charge in [0.1, 0.15) is 0 Å². The van der Waals surface area contributed by atoms with Crippen molar-refractivity contribution >= 4 is 12.2 Å². The first-order valence-corrected chi connectivity index (χ1v) is 2.16. The quantitative estimate of drug-likeness (QED) is 0.234. The molecule has 0 saturated carbocycles. The monoisotopic (exact) mass is 108 g/mol. The van der Waals surface area contributed by atoms with Crippen LogP contribution in [-0.4, -0.2) is 18.6 Å². The van der Waals surface area contributed by atoms with Gasteiger partial charge >= 0.3 is 0 Å². The molecule has 0 saturated heterocycles. The van der Waals surface area contributed by atoms with Crippen molar-refractivity contribution in [2.45, 2.75) is 0 Å². The van der Waals surface area contributed by atoms with Crippen molar-refractivity contribution in [2.75, 3.05) is 14.2 Å². The van der Waals surface area contributed by atoms with Gasteiger partial charge in [0.05, 0.1) is 19.3 Å². The molecule has 0 aliphatic carbocycles. The lowest BCUT2D eigenvalue weighted by Crippen LogP contribution is -2.16. The molecule has 0 bridgehead atoms. The Labute approximate surface area is 41.8 Å². The minimum atomic E-state index is 1.10. The molecule has 0 aliphatic rings. The normalized spacial score (nSPS) is 10.0. The molecule has 6 heavy (non-hydrogen) atoms. The summed E-state index contributed by atoms with van der Waals surface area (Å²) in [6, 6.07) is 0. The first kappa shape index (κ1) is 6.23. The summed E-state index contributed by atoms with van der Waals surface area (Å²) in [6.45, 7) is 0. The van der Waals surface area contributed by atoms with Gasteiger partial charge in [0, 0.05) is 7.05 Å². The van der Waals surface area contributed by atoms with E-state index in [4.69, 9.17) is 5.84 Å². The molecular weight excluding hydrogens is 100 g/mol. The maximum Gasteiger partial charge on any atom is 0.0966 e. The fourth-order valence-electron chi connectivity index (χ4n) is 0.118. The van der Waals surface area contributed by atoms with Crippen LogP contribution in [0.25, 0.3) is 0 Å². The van der Waals surface area contributed by atoms with Crippen LogP contribution in [0.4, 0.5) is 0 Å². The summed E-state index contributed by atoms with van der Waals surface area (Å²) < 4.78 is 5.90. The summed E-state index contributed by atoms with van der Waals surface area (Å²) in [5.41, 5.74) is 0. The van der Waals surface area contributed by atoms with E-state index in [9.17, 15) is 0 Å². The number of hydrazine groups is 1. The van der Waals surface area contributed by atoms with Crippen molar-refractivity contribution in [2.24, 2.45) is 5.84 Å². The predicted octanol–water partition coefficient (Wildman–Crippen LogP) is 0.00150. The second kappa shape index (κ2) is 3.42. The Morgan fingerprint density at radius 3 is 2.33 bits per heavy atom. The Balaban J connectivity index is 2.63. The third-order valence-electron chi connectivity index (χ3n) is 0.192. The molecule has 0 aliphatic heterocycles. The second-order valence-electron chi connectivity index (χ2n) is 0.787. The molecule has 0 heterocycles. The molecule has 3 nitrogen and oxygen atoms in total. The van der Waals surface area contributed by atoms with Gasteiger partial charge in [0.2, 0.25) is 0 Å². The van der Waals surface area contributed by atoms with E-state index in [1.54, 1.807) is 14.2 Å². The Morgan fingerprint density at radius 1 is 1.83 bits per heavy atom. The molecule has 0 fully saturated rings. The molecule has 0 aromatic rings. The molecular formula is C2H8N2OS. The molecule has 0 radical (unpaired) electrons. The van der Waals surface area contributed by atoms with Gasteiger partial charge < -0.3 is 4.18 Å². The highest BCUT2D eigenvalue weighted by Crippen LogP contribution is 1.96. The van der Waals surface area contributed by atoms with Crippen molar-refractivity contribution in [1.82, 2.24) is 4.41 Å². The largest absolute Gasteiger partial charge is 0.304 e. The Bertz CT molecular complexity index is 32.7. The average molecular weight is 108 g/mol. The second-order valence-corrected chi connectivity index (χ2v) is 1.85. The number of hydrogen-bond acceptors (Lipinski definition) is 4. The van der Waals surface area contributed by atoms with Crippen molar-refractivity contribution in [3.63, 3.8) is 0 Å². The van der Waals surface area contributed by atoms with E-state index in [1.165, 1.54) is 4.41 Å². The van der Waals surface area contributed by atoms with Crippen LogP contribution < -0.4 is 5.84 Å². The van der Waals surface area contributed by atoms with Crippen LogP contribution >= 0.6 is 12.2 Å². The number of nitrogens with zero attached hydrogens (tertiary/aromatic N) is 1. The summed E-state index contributed by atoms with van der Waals surface area (Å²) in [5, 5.41) is 0. The van der Waals surface area contributed by atoms with Gasteiger partial charge in [-0.3, -0.25) is 5.84 Å². The summed E-state index contributed by atoms with van der Waals surface area (Å²) in [7, 11) is 3.27. The molecule has 0 amide bonds. The van der Waals surface area contributed by atoms with E-state index in [-0.39, 0.29) is 0 Å². The lowest BCUT2D eigenvalue weighted by atomic mass is 11.5. The summed E-state index contributed by atoms with van der Waals surface area (Å²) in [6.07, 6.45) is 0. The van der Waals surface area contributed by atoms with E-state index in [0.717, 1.165) is 12.2 Å². The number of hydrogen-bond donors (Lipinski definition) is 1. The summed E-state index contributed by atoms with van der Waals surface area (Å²) >= 11 is 1.10. The van der Waals surface area contributed by atoms with Crippen LogP contribution in [0.3, 0.4) is 0 Å². The van der Waals surface area contributed by atoms with Gasteiger partial charge in [0.25, 0.3) is 0 Å². The molecule has 38 valence electrons. The van der Waals surface area contributed by atoms with Gasteiger partial charge in [-0.25, -0.2) is 0 Å². The Hall–Kier alpha value is 0.230. The van der Waals surface area contributed by atoms with E-state index in [2.05, 4.69) is 4.18 Å². The topological polar surface area (TPSA) is 38.5 Å². The van der Waals surface area contributed by atoms with Crippen molar-refractivity contribution < 1.29 is 4.18 Å². The van der Waals surface area contributed by atoms with Crippen molar-refractivity contribution in [3.8, 4) is 0 Å². The fourth-order valence-corrected chi connectivity index (χ4v) is 0.353. The molecule has 0 atom stereocenters. The smallest absolute Gasteiger partial charge is 0.0966 e. The summed E-state index contributed by atoms with van der Waals surface area (Å²) in [4.78, 5) is 0. The number of nitrogens with two attached hydrogens (primary N) is 1. The van der Waals surface area contributed by atoms with E-state index < -0.39 is 0 Å². The van der Waals surface area contributed by atoms with Crippen molar-refractivity contribution in [1.29, 1.82) is 0 Å². The highest BCUT2D eigenvalue weighted by molar-refractivity contribution is 7.92. The maximum atomic E-state index is 5.07. The van der Waals surface area contributed by atoms with Gasteiger partial charge in [0.15, 0.2) is 0 Å². The fraction of sp³-hybridized carbons (Fsp3) is 1.00. The molecule has 0 aromatic heterocycles. The Morgan fingerprint density at radius 2 is 2.33 bits per heavy atom. The van der Waals surface area contributed by atoms with Gasteiger partial charge in [-0.15, -0.1) is 0 Å². The minimum absolute atomic E-state index is 1.10. The van der Waals surface area contributed by atoms with Gasteiger partial charge in [-0.05, 0) is 0 Å². The molecule has 0 spiro atoms. The van der Waals surface area contributed by atoms with Crippen LogP contribution in [0, 0.1) is 0 Å². The minimum Gasteiger partial charge on any atom is -0.304 e. The maximum absolute atomic E-state index is 5.07. The van der Waals surface area contributed by atoms with Crippen LogP contribution in [0.2, 0.25) is 0 Å². The first-order valence-electron chi connectivity index (χ1n) is 1.46. The third kappa shape index (κ3) is 4.23. The van der Waals surface area contributed by atoms with Crippen LogP contribution in [-0.2, 0) is 4.18 Å². The molecule has 4 heteroatoms. The third-order valence-corrected chi connectivity index (χ3v) is 0.576. The van der Waals surface area contributed by atoms with Crippen LogP contribution in [0.5, 0.6) is 0 Å². The van der Waals surface area contributed by atoms with Gasteiger partial charge in [-0.2, -0.15) is 4.41 Å². The lowest BCUT2D eigenvalue weighted by Gasteiger charge is -2.01. The SMILES string of the molecule is COSN(C)N. The van der Waals surface area contributed by atoms with Crippen LogP contribution in [0.1, 0.15) is 0 Å². The zero-order valence-electron chi connectivity index (χ0n) is 3.84. The molecule has 0 aromatic carbocycles. The molecule has 0 unspecified atom stereocenters. The van der Waals surface area contributed by atoms with Crippen LogP contribution in [0.15, 0.2) is 0 Å².